The fraction of sp³-hybridized carbons (Fsp3) is 0.344. The molecule has 226 valence electrons. The minimum Gasteiger partial charge on any atom is -0.392 e. The first-order chi connectivity index (χ1) is 21.2. The van der Waals surface area contributed by atoms with Gasteiger partial charge in [0.2, 0.25) is 0 Å². The van der Waals surface area contributed by atoms with Crippen molar-refractivity contribution in [3.05, 3.63) is 92.8 Å². The third kappa shape index (κ3) is 4.85. The zero-order valence-corrected chi connectivity index (χ0v) is 24.9. The van der Waals surface area contributed by atoms with Crippen molar-refractivity contribution in [3.8, 4) is 16.9 Å². The highest BCUT2D eigenvalue weighted by Gasteiger charge is 2.32. The molecule has 1 aliphatic carbocycles. The van der Waals surface area contributed by atoms with Gasteiger partial charge in [-0.25, -0.2) is 9.97 Å². The highest BCUT2D eigenvalue weighted by atomic mass is 16.5. The smallest absolute Gasteiger partial charge is 0.297 e. The van der Waals surface area contributed by atoms with Crippen LogP contribution in [0.5, 0.6) is 0 Å². The number of ether oxygens (including phenoxy) is 1. The molecule has 0 atom stereocenters. The molecule has 12 heteroatoms. The molecule has 1 fully saturated rings. The van der Waals surface area contributed by atoms with E-state index in [2.05, 4.69) is 39.1 Å². The summed E-state index contributed by atoms with van der Waals surface area (Å²) in [7, 11) is 1.67. The summed E-state index contributed by atoms with van der Waals surface area (Å²) in [5.74, 6) is 0.767. The van der Waals surface area contributed by atoms with Crippen LogP contribution in [0.15, 0.2) is 64.8 Å². The van der Waals surface area contributed by atoms with E-state index >= 15 is 0 Å². The van der Waals surface area contributed by atoms with Gasteiger partial charge in [0.15, 0.2) is 5.82 Å². The molecule has 12 nitrogen and oxygen atoms in total. The average Bonchev–Trinajstić information content (AvgIpc) is 3.52. The van der Waals surface area contributed by atoms with Crippen LogP contribution in [0.2, 0.25) is 0 Å². The zero-order chi connectivity index (χ0) is 30.6. The summed E-state index contributed by atoms with van der Waals surface area (Å²) in [6, 6.07) is 9.23. The Kier molecular flexibility index (Phi) is 6.82. The van der Waals surface area contributed by atoms with Crippen LogP contribution in [-0.2, 0) is 31.2 Å². The molecule has 6 heterocycles. The first-order valence-electron chi connectivity index (χ1n) is 14.7. The summed E-state index contributed by atoms with van der Waals surface area (Å²) >= 11 is 0. The van der Waals surface area contributed by atoms with E-state index in [0.717, 1.165) is 42.9 Å². The summed E-state index contributed by atoms with van der Waals surface area (Å²) in [6.07, 6.45) is 8.47. The van der Waals surface area contributed by atoms with E-state index in [-0.39, 0.29) is 29.0 Å². The largest absolute Gasteiger partial charge is 0.392 e. The maximum Gasteiger partial charge on any atom is 0.297 e. The molecule has 5 aromatic heterocycles. The monoisotopic (exact) mass is 594 g/mol. The summed E-state index contributed by atoms with van der Waals surface area (Å²) in [6.45, 7) is 7.02. The summed E-state index contributed by atoms with van der Waals surface area (Å²) in [5.41, 5.74) is 5.41. The molecule has 44 heavy (non-hydrogen) atoms. The van der Waals surface area contributed by atoms with Crippen molar-refractivity contribution >= 4 is 22.7 Å². The van der Waals surface area contributed by atoms with Gasteiger partial charge in [-0.2, -0.15) is 9.78 Å². The van der Waals surface area contributed by atoms with Crippen molar-refractivity contribution in [2.75, 3.05) is 36.5 Å². The molecular weight excluding hydrogens is 560 g/mol. The van der Waals surface area contributed by atoms with Crippen molar-refractivity contribution in [1.29, 1.82) is 0 Å². The van der Waals surface area contributed by atoms with Crippen LogP contribution in [0.25, 0.3) is 22.5 Å². The second kappa shape index (κ2) is 10.7. The Morgan fingerprint density at radius 3 is 2.61 bits per heavy atom. The van der Waals surface area contributed by atoms with Crippen molar-refractivity contribution in [2.24, 2.45) is 12.5 Å². The Morgan fingerprint density at radius 1 is 1.05 bits per heavy atom. The fourth-order valence-corrected chi connectivity index (χ4v) is 6.36. The Hall–Kier alpha value is -4.81. The molecule has 0 amide bonds. The van der Waals surface area contributed by atoms with Gasteiger partial charge in [0.1, 0.15) is 23.3 Å². The molecule has 0 unspecified atom stereocenters. The molecule has 0 saturated carbocycles. The lowest BCUT2D eigenvalue weighted by atomic mass is 9.90. The maximum absolute atomic E-state index is 13.7. The van der Waals surface area contributed by atoms with E-state index in [4.69, 9.17) is 4.74 Å². The standard InChI is InChI=1S/C32H34N8O4/c1-32(2)14-20-13-26-31(43)40(35-19-39(26)27(20)15-32)29-24(18-41)23(6-7-33-29)21-12-25(30(42)37(3)17-21)36-28-5-4-22(16-34-28)38-8-10-44-11-9-38/h4-7,12-13,16-17,19,41H,8-11,14-15,18H2,1-3H3,(H,34,36). The molecule has 2 aliphatic rings. The molecule has 7 rings (SSSR count). The van der Waals surface area contributed by atoms with Gasteiger partial charge < -0.3 is 24.6 Å². The molecule has 2 N–H and O–H groups in total. The summed E-state index contributed by atoms with van der Waals surface area (Å²) in [4.78, 5) is 38.0. The molecule has 0 aromatic carbocycles. The lowest BCUT2D eigenvalue weighted by Gasteiger charge is -2.28. The van der Waals surface area contributed by atoms with E-state index < -0.39 is 0 Å². The third-order valence-corrected chi connectivity index (χ3v) is 8.51. The fourth-order valence-electron chi connectivity index (χ4n) is 6.36. The number of morpholine rings is 1. The molecule has 1 aliphatic heterocycles. The number of pyridine rings is 3. The normalized spacial score (nSPS) is 16.0. The van der Waals surface area contributed by atoms with Crippen molar-refractivity contribution < 1.29 is 9.84 Å². The van der Waals surface area contributed by atoms with Gasteiger partial charge in [-0.1, -0.05) is 13.8 Å². The number of hydrogen-bond donors (Lipinski definition) is 2. The number of nitrogens with one attached hydrogen (secondary N) is 1. The van der Waals surface area contributed by atoms with Gasteiger partial charge >= 0.3 is 0 Å². The molecule has 0 radical (unpaired) electrons. The van der Waals surface area contributed by atoms with Crippen LogP contribution in [0.4, 0.5) is 17.2 Å². The number of hydrogen-bond acceptors (Lipinski definition) is 9. The van der Waals surface area contributed by atoms with Crippen molar-refractivity contribution in [1.82, 2.24) is 28.7 Å². The number of aryl methyl sites for hydroxylation is 1. The van der Waals surface area contributed by atoms with Crippen molar-refractivity contribution in [2.45, 2.75) is 33.3 Å². The Balaban J connectivity index is 1.24. The number of nitrogens with zero attached hydrogens (tertiary/aromatic N) is 7. The first-order valence-corrected chi connectivity index (χ1v) is 14.7. The SMILES string of the molecule is Cn1cc(-c2ccnc(-n3ncn4c5c(cc4c3=O)CC(C)(C)C5)c2CO)cc(Nc2ccc(N3CCOCC3)cn2)c1=O. The van der Waals surface area contributed by atoms with Crippen LogP contribution >= 0.6 is 0 Å². The van der Waals surface area contributed by atoms with Crippen LogP contribution in [-0.4, -0.2) is 60.1 Å². The van der Waals surface area contributed by atoms with E-state index in [1.54, 1.807) is 44.1 Å². The van der Waals surface area contributed by atoms with Crippen molar-refractivity contribution in [3.63, 3.8) is 0 Å². The number of rotatable bonds is 6. The third-order valence-electron chi connectivity index (χ3n) is 8.51. The second-order valence-corrected chi connectivity index (χ2v) is 12.2. The van der Waals surface area contributed by atoms with Gasteiger partial charge in [-0.3, -0.25) is 14.0 Å². The molecule has 1 saturated heterocycles. The predicted molar refractivity (Wildman–Crippen MR) is 167 cm³/mol. The van der Waals surface area contributed by atoms with Crippen LogP contribution in [0.3, 0.4) is 0 Å². The highest BCUT2D eigenvalue weighted by Crippen LogP contribution is 2.37. The minimum absolute atomic E-state index is 0.145. The average molecular weight is 595 g/mol. The quantitative estimate of drug-likeness (QED) is 0.305. The topological polar surface area (TPSA) is 132 Å². The maximum atomic E-state index is 13.7. The lowest BCUT2D eigenvalue weighted by molar-refractivity contribution is 0.122. The first kappa shape index (κ1) is 28.0. The Morgan fingerprint density at radius 2 is 1.86 bits per heavy atom. The van der Waals surface area contributed by atoms with Gasteiger partial charge in [-0.15, -0.1) is 0 Å². The Labute approximate surface area is 253 Å². The second-order valence-electron chi connectivity index (χ2n) is 12.2. The molecular formula is C32H34N8O4. The van der Waals surface area contributed by atoms with Gasteiger partial charge in [0, 0.05) is 49.4 Å². The molecule has 0 spiro atoms. The summed E-state index contributed by atoms with van der Waals surface area (Å²) < 4.78 is 10.0. The van der Waals surface area contributed by atoms with Crippen LogP contribution < -0.4 is 21.3 Å². The number of aliphatic hydroxyl groups is 1. The van der Waals surface area contributed by atoms with Gasteiger partial charge in [0.25, 0.3) is 11.1 Å². The lowest BCUT2D eigenvalue weighted by Crippen LogP contribution is -2.36. The number of anilines is 3. The zero-order valence-electron chi connectivity index (χ0n) is 24.9. The molecule has 0 bridgehead atoms. The van der Waals surface area contributed by atoms with Gasteiger partial charge in [-0.05, 0) is 59.7 Å². The Bertz CT molecular complexity index is 2000. The number of fused-ring (bicyclic) bond motifs is 3. The highest BCUT2D eigenvalue weighted by molar-refractivity contribution is 5.73. The minimum atomic E-state index is -0.389. The van der Waals surface area contributed by atoms with E-state index in [9.17, 15) is 14.7 Å². The predicted octanol–water partition coefficient (Wildman–Crippen LogP) is 2.84. The van der Waals surface area contributed by atoms with Crippen LogP contribution in [0.1, 0.15) is 30.7 Å². The number of aliphatic hydroxyl groups excluding tert-OH is 1. The van der Waals surface area contributed by atoms with Crippen LogP contribution in [0, 0.1) is 5.41 Å². The van der Waals surface area contributed by atoms with Gasteiger partial charge in [0.05, 0.1) is 31.7 Å². The summed E-state index contributed by atoms with van der Waals surface area (Å²) in [5, 5.41) is 18.2. The number of aromatic nitrogens is 6. The van der Waals surface area contributed by atoms with E-state index in [1.807, 2.05) is 22.6 Å². The van der Waals surface area contributed by atoms with E-state index in [1.165, 1.54) is 9.25 Å². The molecule has 5 aromatic rings. The van der Waals surface area contributed by atoms with E-state index in [0.29, 0.717) is 46.9 Å².